The second-order valence-electron chi connectivity index (χ2n) is 8.81. The van der Waals surface area contributed by atoms with Crippen LogP contribution in [0, 0.1) is 13.8 Å². The molecule has 0 bridgehead atoms. The minimum Gasteiger partial charge on any atom is -0.490 e. The SMILES string of the molecule is CCOc1cc(C=C2C(=O)N(c3ccc(C)c(Cl)c3)C(=S)N(c3ccc(C)c(Cl)c3)C2=O)ccc1OCC(=O)O. The Balaban J connectivity index is 1.85. The summed E-state index contributed by atoms with van der Waals surface area (Å²) < 4.78 is 10.9. The molecule has 1 saturated heterocycles. The fraction of sp³-hybridized carbons (Fsp3) is 0.172. The van der Waals surface area contributed by atoms with E-state index in [9.17, 15) is 14.4 Å². The quantitative estimate of drug-likeness (QED) is 0.187. The molecule has 0 saturated carbocycles. The van der Waals surface area contributed by atoms with Crippen molar-refractivity contribution in [1.29, 1.82) is 0 Å². The molecule has 206 valence electrons. The van der Waals surface area contributed by atoms with Crippen molar-refractivity contribution in [2.75, 3.05) is 23.0 Å². The number of carboxylic acid groups (broad SMARTS) is 1. The van der Waals surface area contributed by atoms with E-state index in [0.29, 0.717) is 27.0 Å². The summed E-state index contributed by atoms with van der Waals surface area (Å²) in [5.74, 6) is -1.97. The highest BCUT2D eigenvalue weighted by Gasteiger charge is 2.41. The number of carbonyl (C=O) groups excluding carboxylic acids is 2. The normalized spacial score (nSPS) is 13.5. The molecule has 0 spiro atoms. The van der Waals surface area contributed by atoms with E-state index in [0.717, 1.165) is 11.1 Å². The molecule has 0 radical (unpaired) electrons. The van der Waals surface area contributed by atoms with Crippen molar-refractivity contribution in [2.45, 2.75) is 20.8 Å². The second-order valence-corrected chi connectivity index (χ2v) is 9.99. The topological polar surface area (TPSA) is 96.4 Å². The van der Waals surface area contributed by atoms with Crippen LogP contribution in [0.25, 0.3) is 6.08 Å². The maximum absolute atomic E-state index is 13.8. The minimum atomic E-state index is -1.14. The zero-order valence-electron chi connectivity index (χ0n) is 21.7. The van der Waals surface area contributed by atoms with Gasteiger partial charge in [-0.3, -0.25) is 19.4 Å². The molecular weight excluding hydrogens is 575 g/mol. The van der Waals surface area contributed by atoms with Crippen LogP contribution in [0.3, 0.4) is 0 Å². The monoisotopic (exact) mass is 598 g/mol. The first kappa shape index (κ1) is 29.1. The lowest BCUT2D eigenvalue weighted by molar-refractivity contribution is -0.139. The Bertz CT molecular complexity index is 1500. The van der Waals surface area contributed by atoms with Gasteiger partial charge in [-0.2, -0.15) is 0 Å². The summed E-state index contributed by atoms with van der Waals surface area (Å²) in [5.41, 5.74) is 2.66. The van der Waals surface area contributed by atoms with Gasteiger partial charge in [0.1, 0.15) is 5.57 Å². The standard InChI is InChI=1S/C29H24Cl2N2O6S/c1-4-38-25-12-18(7-10-24(25)39-15-26(34)35)11-21-27(36)32(19-8-5-16(2)22(30)13-19)29(40)33(28(21)37)20-9-6-17(3)23(31)14-20/h5-14H,4,15H2,1-3H3,(H,34,35). The molecule has 8 nitrogen and oxygen atoms in total. The molecule has 2 amide bonds. The molecule has 3 aromatic rings. The third-order valence-electron chi connectivity index (χ3n) is 6.01. The first-order valence-corrected chi connectivity index (χ1v) is 13.3. The van der Waals surface area contributed by atoms with Crippen LogP contribution < -0.4 is 19.3 Å². The van der Waals surface area contributed by atoms with Crippen LogP contribution in [0.1, 0.15) is 23.6 Å². The molecule has 1 aliphatic heterocycles. The van der Waals surface area contributed by atoms with Crippen LogP contribution in [-0.2, 0) is 14.4 Å². The number of rotatable bonds is 8. The maximum Gasteiger partial charge on any atom is 0.341 e. The van der Waals surface area contributed by atoms with E-state index in [4.69, 9.17) is 50.0 Å². The number of hydrogen-bond acceptors (Lipinski definition) is 6. The number of carboxylic acids is 1. The maximum atomic E-state index is 13.8. The number of hydrogen-bond donors (Lipinski definition) is 1. The summed E-state index contributed by atoms with van der Waals surface area (Å²) in [4.78, 5) is 41.1. The van der Waals surface area contributed by atoms with E-state index in [1.54, 1.807) is 55.5 Å². The number of carbonyl (C=O) groups is 3. The van der Waals surface area contributed by atoms with Gasteiger partial charge in [0.15, 0.2) is 23.2 Å². The van der Waals surface area contributed by atoms with Crippen molar-refractivity contribution in [3.8, 4) is 11.5 Å². The van der Waals surface area contributed by atoms with Gasteiger partial charge in [0.05, 0.1) is 18.0 Å². The Morgan fingerprint density at radius 2 is 1.43 bits per heavy atom. The van der Waals surface area contributed by atoms with Crippen LogP contribution in [0.5, 0.6) is 11.5 Å². The van der Waals surface area contributed by atoms with E-state index < -0.39 is 24.4 Å². The summed E-state index contributed by atoms with van der Waals surface area (Å²) in [6.45, 7) is 5.14. The van der Waals surface area contributed by atoms with Crippen molar-refractivity contribution in [2.24, 2.45) is 0 Å². The molecule has 1 heterocycles. The van der Waals surface area contributed by atoms with Crippen LogP contribution in [-0.4, -0.2) is 41.2 Å². The predicted molar refractivity (Wildman–Crippen MR) is 159 cm³/mol. The van der Waals surface area contributed by atoms with Crippen LogP contribution in [0.15, 0.2) is 60.2 Å². The molecule has 1 N–H and O–H groups in total. The average Bonchev–Trinajstić information content (AvgIpc) is 2.90. The van der Waals surface area contributed by atoms with Crippen molar-refractivity contribution in [1.82, 2.24) is 0 Å². The minimum absolute atomic E-state index is 0.0561. The first-order valence-electron chi connectivity index (χ1n) is 12.1. The van der Waals surface area contributed by atoms with Gasteiger partial charge >= 0.3 is 5.97 Å². The number of amides is 2. The first-order chi connectivity index (χ1) is 19.0. The number of thiocarbonyl (C=S) groups is 1. The highest BCUT2D eigenvalue weighted by atomic mass is 35.5. The Morgan fingerprint density at radius 3 is 1.90 bits per heavy atom. The number of aliphatic carboxylic acids is 1. The summed E-state index contributed by atoms with van der Waals surface area (Å²) >= 11 is 18.4. The van der Waals surface area contributed by atoms with Crippen molar-refractivity contribution in [3.05, 3.63) is 86.9 Å². The van der Waals surface area contributed by atoms with Gasteiger partial charge in [0.2, 0.25) is 0 Å². The summed E-state index contributed by atoms with van der Waals surface area (Å²) in [5, 5.41) is 9.76. The third-order valence-corrected chi connectivity index (χ3v) is 7.19. The average molecular weight is 599 g/mol. The van der Waals surface area contributed by atoms with Gasteiger partial charge in [-0.05, 0) is 92.2 Å². The van der Waals surface area contributed by atoms with Gasteiger partial charge in [-0.15, -0.1) is 0 Å². The zero-order valence-corrected chi connectivity index (χ0v) is 24.1. The molecule has 1 aliphatic rings. The number of nitrogens with zero attached hydrogens (tertiary/aromatic N) is 2. The summed E-state index contributed by atoms with van der Waals surface area (Å²) in [7, 11) is 0. The summed E-state index contributed by atoms with van der Waals surface area (Å²) in [6, 6.07) is 14.8. The van der Waals surface area contributed by atoms with Crippen LogP contribution in [0.2, 0.25) is 10.0 Å². The fourth-order valence-electron chi connectivity index (χ4n) is 3.93. The Morgan fingerprint density at radius 1 is 0.875 bits per heavy atom. The van der Waals surface area contributed by atoms with Gasteiger partial charge < -0.3 is 14.6 Å². The molecule has 11 heteroatoms. The van der Waals surface area contributed by atoms with Gasteiger partial charge in [-0.1, -0.05) is 41.4 Å². The number of aryl methyl sites for hydroxylation is 2. The zero-order chi connectivity index (χ0) is 29.1. The van der Waals surface area contributed by atoms with Crippen molar-refractivity contribution >= 4 is 75.8 Å². The lowest BCUT2D eigenvalue weighted by Gasteiger charge is -2.36. The molecule has 0 unspecified atom stereocenters. The molecule has 40 heavy (non-hydrogen) atoms. The molecule has 1 fully saturated rings. The Kier molecular flexibility index (Phi) is 8.78. The van der Waals surface area contributed by atoms with E-state index in [-0.39, 0.29) is 28.8 Å². The lowest BCUT2D eigenvalue weighted by Crippen LogP contribution is -2.57. The molecule has 0 aromatic heterocycles. The molecule has 0 aliphatic carbocycles. The number of benzene rings is 3. The summed E-state index contributed by atoms with van der Waals surface area (Å²) in [6.07, 6.45) is 1.42. The molecular formula is C29H24Cl2N2O6S. The fourth-order valence-corrected chi connectivity index (χ4v) is 4.66. The number of anilines is 2. The van der Waals surface area contributed by atoms with Crippen LogP contribution >= 0.6 is 35.4 Å². The molecule has 0 atom stereocenters. The van der Waals surface area contributed by atoms with Crippen molar-refractivity contribution in [3.63, 3.8) is 0 Å². The van der Waals surface area contributed by atoms with Crippen molar-refractivity contribution < 1.29 is 29.0 Å². The van der Waals surface area contributed by atoms with E-state index in [1.807, 2.05) is 13.8 Å². The smallest absolute Gasteiger partial charge is 0.341 e. The van der Waals surface area contributed by atoms with E-state index in [1.165, 1.54) is 21.9 Å². The van der Waals surface area contributed by atoms with Crippen LogP contribution in [0.4, 0.5) is 11.4 Å². The highest BCUT2D eigenvalue weighted by molar-refractivity contribution is 7.81. The van der Waals surface area contributed by atoms with E-state index >= 15 is 0 Å². The van der Waals surface area contributed by atoms with Gasteiger partial charge in [-0.25, -0.2) is 4.79 Å². The molecule has 3 aromatic carbocycles. The Hall–Kier alpha value is -3.92. The van der Waals surface area contributed by atoms with Gasteiger partial charge in [0, 0.05) is 10.0 Å². The van der Waals surface area contributed by atoms with E-state index in [2.05, 4.69) is 0 Å². The number of halogens is 2. The second kappa shape index (κ2) is 12.1. The lowest BCUT2D eigenvalue weighted by atomic mass is 10.0. The van der Waals surface area contributed by atoms with Gasteiger partial charge in [0.25, 0.3) is 11.8 Å². The predicted octanol–water partition coefficient (Wildman–Crippen LogP) is 6.22. The highest BCUT2D eigenvalue weighted by Crippen LogP contribution is 2.35. The molecule has 4 rings (SSSR count). The largest absolute Gasteiger partial charge is 0.490 e. The number of ether oxygens (including phenoxy) is 2. The third kappa shape index (κ3) is 5.96. The Labute approximate surface area is 246 Å².